The molecule has 2 aromatic carbocycles. The van der Waals surface area contributed by atoms with E-state index in [1.54, 1.807) is 17.0 Å². The maximum Gasteiger partial charge on any atom is 0.321 e. The Kier molecular flexibility index (Phi) is 5.96. The molecule has 3 rings (SSSR count). The monoisotopic (exact) mass is 411 g/mol. The predicted octanol–water partition coefficient (Wildman–Crippen LogP) is 2.84. The lowest BCUT2D eigenvalue weighted by Gasteiger charge is -2.19. The fourth-order valence-corrected chi connectivity index (χ4v) is 3.86. The molecule has 1 heterocycles. The molecule has 0 spiro atoms. The van der Waals surface area contributed by atoms with Gasteiger partial charge in [0.1, 0.15) is 0 Å². The molecular weight excluding hydrogens is 386 g/mol. The Labute approximate surface area is 172 Å². The number of carbonyl (C=O) groups is 1. The van der Waals surface area contributed by atoms with E-state index in [0.29, 0.717) is 13.1 Å². The van der Waals surface area contributed by atoms with Gasteiger partial charge >= 0.3 is 6.03 Å². The maximum atomic E-state index is 12.4. The van der Waals surface area contributed by atoms with Gasteiger partial charge in [0.25, 0.3) is 0 Å². The van der Waals surface area contributed by atoms with E-state index in [2.05, 4.69) is 42.7 Å². The quantitative estimate of drug-likeness (QED) is 0.760. The Hall–Kier alpha value is -2.82. The molecule has 1 aliphatic rings. The number of anilines is 1. The van der Waals surface area contributed by atoms with Gasteiger partial charge in [0.15, 0.2) is 0 Å². The maximum absolute atomic E-state index is 12.4. The number of rotatable bonds is 4. The van der Waals surface area contributed by atoms with Crippen LogP contribution in [0.15, 0.2) is 53.4 Å². The van der Waals surface area contributed by atoms with Crippen molar-refractivity contribution in [2.24, 2.45) is 0 Å². The summed E-state index contributed by atoms with van der Waals surface area (Å²) in [5, 5.41) is 2.76. The highest BCUT2D eigenvalue weighted by atomic mass is 32.2. The van der Waals surface area contributed by atoms with E-state index in [1.807, 2.05) is 36.4 Å². The summed E-state index contributed by atoms with van der Waals surface area (Å²) < 4.78 is 27.3. The molecule has 2 aromatic rings. The van der Waals surface area contributed by atoms with Crippen molar-refractivity contribution in [1.82, 2.24) is 10.0 Å². The van der Waals surface area contributed by atoms with Crippen molar-refractivity contribution in [3.05, 3.63) is 59.7 Å². The molecule has 1 saturated heterocycles. The van der Waals surface area contributed by atoms with E-state index >= 15 is 0 Å². The van der Waals surface area contributed by atoms with Crippen LogP contribution in [-0.4, -0.2) is 34.1 Å². The molecule has 29 heavy (non-hydrogen) atoms. The van der Waals surface area contributed by atoms with Crippen LogP contribution in [0.5, 0.6) is 0 Å². The molecule has 0 aliphatic carbocycles. The summed E-state index contributed by atoms with van der Waals surface area (Å²) in [6.07, 6.45) is 0. The zero-order valence-electron chi connectivity index (χ0n) is 16.8. The third-order valence-electron chi connectivity index (χ3n) is 4.65. The molecule has 0 aromatic heterocycles. The topological polar surface area (TPSA) is 78.5 Å². The van der Waals surface area contributed by atoms with E-state index < -0.39 is 10.0 Å². The third-order valence-corrected chi connectivity index (χ3v) is 6.07. The number of benzene rings is 2. The molecule has 1 aliphatic heterocycles. The van der Waals surface area contributed by atoms with Gasteiger partial charge in [0, 0.05) is 24.3 Å². The van der Waals surface area contributed by atoms with Crippen molar-refractivity contribution in [3.8, 4) is 11.8 Å². The second-order valence-corrected chi connectivity index (χ2v) is 9.60. The number of nitrogens with zero attached hydrogens (tertiary/aromatic N) is 1. The molecule has 0 unspecified atom stereocenters. The van der Waals surface area contributed by atoms with E-state index in [9.17, 15) is 13.2 Å². The van der Waals surface area contributed by atoms with Crippen molar-refractivity contribution < 1.29 is 13.2 Å². The zero-order chi connectivity index (χ0) is 21.1. The van der Waals surface area contributed by atoms with Gasteiger partial charge in [-0.2, -0.15) is 4.72 Å². The van der Waals surface area contributed by atoms with Crippen molar-refractivity contribution in [3.63, 3.8) is 0 Å². The van der Waals surface area contributed by atoms with E-state index in [0.717, 1.165) is 16.8 Å². The number of carbonyl (C=O) groups excluding carboxylic acids is 1. The van der Waals surface area contributed by atoms with E-state index in [-0.39, 0.29) is 22.9 Å². The largest absolute Gasteiger partial charge is 0.336 e. The molecule has 152 valence electrons. The van der Waals surface area contributed by atoms with Crippen LogP contribution >= 0.6 is 0 Å². The van der Waals surface area contributed by atoms with E-state index in [4.69, 9.17) is 0 Å². The van der Waals surface area contributed by atoms with Crippen molar-refractivity contribution >= 4 is 21.7 Å². The Bertz CT molecular complexity index is 1040. The molecule has 0 saturated carbocycles. The molecule has 1 fully saturated rings. The summed E-state index contributed by atoms with van der Waals surface area (Å²) >= 11 is 0. The van der Waals surface area contributed by atoms with Crippen LogP contribution in [0.25, 0.3) is 0 Å². The van der Waals surface area contributed by atoms with E-state index in [1.165, 1.54) is 0 Å². The number of urea groups is 1. The Balaban J connectivity index is 1.59. The van der Waals surface area contributed by atoms with Crippen molar-refractivity contribution in [2.75, 3.05) is 24.5 Å². The summed E-state index contributed by atoms with van der Waals surface area (Å²) in [7, 11) is -3.60. The van der Waals surface area contributed by atoms with Crippen LogP contribution in [0.2, 0.25) is 0 Å². The molecule has 0 bridgehead atoms. The van der Waals surface area contributed by atoms with Gasteiger partial charge in [-0.3, -0.25) is 4.90 Å². The van der Waals surface area contributed by atoms with Gasteiger partial charge < -0.3 is 5.32 Å². The minimum atomic E-state index is -3.60. The molecular formula is C22H25N3O3S. The first-order valence-electron chi connectivity index (χ1n) is 9.41. The van der Waals surface area contributed by atoms with Crippen molar-refractivity contribution in [1.29, 1.82) is 0 Å². The first-order valence-corrected chi connectivity index (χ1v) is 10.9. The highest BCUT2D eigenvalue weighted by Crippen LogP contribution is 2.23. The zero-order valence-corrected chi connectivity index (χ0v) is 17.6. The smallest absolute Gasteiger partial charge is 0.321 e. The average molecular weight is 412 g/mol. The standard InChI is InChI=1S/C22H25N3O3S/c1-22(2,3)18-8-12-20(13-9-18)29(27,28)24-14-4-5-17-6-10-19(11-7-17)25-16-15-23-21(25)26/h6-13,24H,14-16H2,1-3H3,(H,23,26). The highest BCUT2D eigenvalue weighted by Gasteiger charge is 2.20. The second-order valence-electron chi connectivity index (χ2n) is 7.83. The van der Waals surface area contributed by atoms with Gasteiger partial charge in [0.05, 0.1) is 11.4 Å². The van der Waals surface area contributed by atoms with Crippen LogP contribution in [0.3, 0.4) is 0 Å². The first kappa shape index (κ1) is 20.9. The molecule has 0 radical (unpaired) electrons. The summed E-state index contributed by atoms with van der Waals surface area (Å²) in [6, 6.07) is 14.1. The fourth-order valence-electron chi connectivity index (χ4n) is 2.94. The number of hydrogen-bond donors (Lipinski definition) is 2. The fraction of sp³-hybridized carbons (Fsp3) is 0.318. The van der Waals surface area contributed by atoms with Gasteiger partial charge in [-0.25, -0.2) is 13.2 Å². The summed E-state index contributed by atoms with van der Waals surface area (Å²) in [5.41, 5.74) is 2.60. The number of sulfonamides is 1. The number of nitrogens with one attached hydrogen (secondary N) is 2. The molecule has 2 amide bonds. The van der Waals surface area contributed by atoms with Crippen LogP contribution in [-0.2, 0) is 15.4 Å². The van der Waals surface area contributed by atoms with Crippen LogP contribution in [0.1, 0.15) is 31.9 Å². The van der Waals surface area contributed by atoms with Gasteiger partial charge in [-0.05, 0) is 47.4 Å². The minimum Gasteiger partial charge on any atom is -0.336 e. The molecule has 2 N–H and O–H groups in total. The lowest BCUT2D eigenvalue weighted by atomic mass is 9.87. The van der Waals surface area contributed by atoms with Gasteiger partial charge in [-0.15, -0.1) is 0 Å². The lowest BCUT2D eigenvalue weighted by Crippen LogP contribution is -2.27. The Morgan fingerprint density at radius 1 is 1.07 bits per heavy atom. The first-order chi connectivity index (χ1) is 13.7. The number of amides is 2. The molecule has 6 nitrogen and oxygen atoms in total. The summed E-state index contributed by atoms with van der Waals surface area (Å²) in [4.78, 5) is 13.6. The Morgan fingerprint density at radius 2 is 1.72 bits per heavy atom. The van der Waals surface area contributed by atoms with Crippen LogP contribution in [0.4, 0.5) is 10.5 Å². The van der Waals surface area contributed by atoms with Crippen LogP contribution in [0, 0.1) is 11.8 Å². The van der Waals surface area contributed by atoms with Gasteiger partial charge in [-0.1, -0.05) is 44.7 Å². The highest BCUT2D eigenvalue weighted by molar-refractivity contribution is 7.89. The number of hydrogen-bond acceptors (Lipinski definition) is 3. The predicted molar refractivity (Wildman–Crippen MR) is 114 cm³/mol. The minimum absolute atomic E-state index is 0.0135. The Morgan fingerprint density at radius 3 is 2.28 bits per heavy atom. The van der Waals surface area contributed by atoms with Gasteiger partial charge in [0.2, 0.25) is 10.0 Å². The van der Waals surface area contributed by atoms with Crippen molar-refractivity contribution in [2.45, 2.75) is 31.1 Å². The molecule has 7 heteroatoms. The lowest BCUT2D eigenvalue weighted by molar-refractivity contribution is 0.252. The SMILES string of the molecule is CC(C)(C)c1ccc(S(=O)(=O)NCC#Cc2ccc(N3CCNC3=O)cc2)cc1. The summed E-state index contributed by atoms with van der Waals surface area (Å²) in [5.74, 6) is 5.76. The average Bonchev–Trinajstić information content (AvgIpc) is 3.11. The normalized spacial score (nSPS) is 14.3. The second kappa shape index (κ2) is 8.27. The third kappa shape index (κ3) is 5.17. The van der Waals surface area contributed by atoms with Crippen LogP contribution < -0.4 is 14.9 Å². The molecule has 0 atom stereocenters. The summed E-state index contributed by atoms with van der Waals surface area (Å²) in [6.45, 7) is 7.53.